The fourth-order valence-corrected chi connectivity index (χ4v) is 2.89. The van der Waals surface area contributed by atoms with Crippen molar-refractivity contribution in [1.29, 1.82) is 0 Å². The minimum atomic E-state index is 0.811. The first-order chi connectivity index (χ1) is 8.83. The summed E-state index contributed by atoms with van der Waals surface area (Å²) in [6.45, 7) is 7.89. The topological polar surface area (TPSA) is 33.1 Å². The number of hydrogen-bond donors (Lipinski definition) is 1. The third-order valence-corrected chi connectivity index (χ3v) is 3.72. The van der Waals surface area contributed by atoms with Gasteiger partial charge in [-0.1, -0.05) is 6.92 Å². The van der Waals surface area contributed by atoms with Gasteiger partial charge in [0, 0.05) is 25.8 Å². The molecule has 0 aliphatic carbocycles. The molecule has 0 amide bonds. The Morgan fingerprint density at radius 3 is 3.17 bits per heavy atom. The van der Waals surface area contributed by atoms with E-state index in [1.165, 1.54) is 31.6 Å². The van der Waals surface area contributed by atoms with E-state index in [0.717, 1.165) is 32.0 Å². The molecule has 1 N–H and O–H groups in total. The highest BCUT2D eigenvalue weighted by Crippen LogP contribution is 2.18. The Morgan fingerprint density at radius 1 is 1.50 bits per heavy atom. The molecule has 1 aliphatic heterocycles. The van der Waals surface area contributed by atoms with E-state index >= 15 is 0 Å². The van der Waals surface area contributed by atoms with Gasteiger partial charge in [0.2, 0.25) is 0 Å². The van der Waals surface area contributed by atoms with Crippen molar-refractivity contribution in [2.75, 3.05) is 26.7 Å². The van der Waals surface area contributed by atoms with E-state index in [9.17, 15) is 0 Å². The molecule has 18 heavy (non-hydrogen) atoms. The van der Waals surface area contributed by atoms with Crippen LogP contribution in [0.3, 0.4) is 0 Å². The molecule has 0 aromatic carbocycles. The Morgan fingerprint density at radius 2 is 2.39 bits per heavy atom. The van der Waals surface area contributed by atoms with Crippen molar-refractivity contribution < 1.29 is 0 Å². The molecular formula is C14H26N4. The Bertz CT molecular complexity index is 345. The van der Waals surface area contributed by atoms with E-state index < -0.39 is 0 Å². The lowest BCUT2D eigenvalue weighted by molar-refractivity contribution is 0.162. The summed E-state index contributed by atoms with van der Waals surface area (Å²) in [5.74, 6) is 0.811. The highest BCUT2D eigenvalue weighted by atomic mass is 15.3. The first-order valence-electron chi connectivity index (χ1n) is 7.21. The fourth-order valence-electron chi connectivity index (χ4n) is 2.89. The summed E-state index contributed by atoms with van der Waals surface area (Å²) in [6, 6.07) is 2.16. The molecule has 102 valence electrons. The third kappa shape index (κ3) is 3.56. The van der Waals surface area contributed by atoms with Crippen LogP contribution in [0.2, 0.25) is 0 Å². The predicted octanol–water partition coefficient (Wildman–Crippen LogP) is 1.72. The summed E-state index contributed by atoms with van der Waals surface area (Å²) < 4.78 is 2.15. The van der Waals surface area contributed by atoms with Crippen molar-refractivity contribution in [3.05, 3.63) is 18.0 Å². The average molecular weight is 250 g/mol. The fraction of sp³-hybridized carbons (Fsp3) is 0.786. The smallest absolute Gasteiger partial charge is 0.0524 e. The average Bonchev–Trinajstić information content (AvgIpc) is 2.78. The van der Waals surface area contributed by atoms with Crippen LogP contribution in [0.15, 0.2) is 12.3 Å². The molecular weight excluding hydrogens is 224 g/mol. The van der Waals surface area contributed by atoms with Crippen LogP contribution in [0.25, 0.3) is 0 Å². The van der Waals surface area contributed by atoms with E-state index in [2.05, 4.69) is 40.0 Å². The largest absolute Gasteiger partial charge is 0.319 e. The van der Waals surface area contributed by atoms with Gasteiger partial charge in [-0.3, -0.25) is 9.58 Å². The molecule has 0 bridgehead atoms. The summed E-state index contributed by atoms with van der Waals surface area (Å²) in [7, 11) is 2.05. The minimum Gasteiger partial charge on any atom is -0.319 e. The lowest BCUT2D eigenvalue weighted by Gasteiger charge is -2.32. The molecule has 4 nitrogen and oxygen atoms in total. The highest BCUT2D eigenvalue weighted by Gasteiger charge is 2.20. The zero-order valence-corrected chi connectivity index (χ0v) is 11.7. The number of hydrogen-bond acceptors (Lipinski definition) is 3. The van der Waals surface area contributed by atoms with E-state index in [1.54, 1.807) is 0 Å². The van der Waals surface area contributed by atoms with E-state index in [4.69, 9.17) is 0 Å². The Kier molecular flexibility index (Phi) is 5.20. The standard InChI is InChI=1S/C14H26N4/c1-3-8-18-14(6-7-16-18)12-17-9-4-5-13(11-17)10-15-2/h6-7,13,15H,3-5,8-12H2,1-2H3. The van der Waals surface area contributed by atoms with E-state index in [0.29, 0.717) is 0 Å². The van der Waals surface area contributed by atoms with Crippen molar-refractivity contribution in [2.24, 2.45) is 5.92 Å². The lowest BCUT2D eigenvalue weighted by Crippen LogP contribution is -2.38. The van der Waals surface area contributed by atoms with Crippen molar-refractivity contribution in [1.82, 2.24) is 20.0 Å². The van der Waals surface area contributed by atoms with Gasteiger partial charge in [0.15, 0.2) is 0 Å². The lowest BCUT2D eigenvalue weighted by atomic mass is 9.98. The third-order valence-electron chi connectivity index (χ3n) is 3.72. The molecule has 0 radical (unpaired) electrons. The van der Waals surface area contributed by atoms with Crippen molar-refractivity contribution in [2.45, 2.75) is 39.3 Å². The number of likely N-dealkylation sites (tertiary alicyclic amines) is 1. The van der Waals surface area contributed by atoms with Gasteiger partial charge in [0.1, 0.15) is 0 Å². The molecule has 0 saturated carbocycles. The molecule has 1 aliphatic rings. The van der Waals surface area contributed by atoms with E-state index in [-0.39, 0.29) is 0 Å². The number of piperidine rings is 1. The van der Waals surface area contributed by atoms with Crippen LogP contribution in [-0.2, 0) is 13.1 Å². The van der Waals surface area contributed by atoms with Gasteiger partial charge < -0.3 is 5.32 Å². The molecule has 1 unspecified atom stereocenters. The maximum absolute atomic E-state index is 4.40. The molecule has 4 heteroatoms. The molecule has 1 fully saturated rings. The van der Waals surface area contributed by atoms with Crippen LogP contribution in [0.1, 0.15) is 31.9 Å². The van der Waals surface area contributed by atoms with E-state index in [1.807, 2.05) is 6.20 Å². The maximum Gasteiger partial charge on any atom is 0.0524 e. The summed E-state index contributed by atoms with van der Waals surface area (Å²) >= 11 is 0. The summed E-state index contributed by atoms with van der Waals surface area (Å²) in [4.78, 5) is 2.58. The quantitative estimate of drug-likeness (QED) is 0.834. The van der Waals surface area contributed by atoms with Gasteiger partial charge in [-0.15, -0.1) is 0 Å². The van der Waals surface area contributed by atoms with Crippen molar-refractivity contribution >= 4 is 0 Å². The van der Waals surface area contributed by atoms with Gasteiger partial charge in [0.05, 0.1) is 5.69 Å². The second-order valence-corrected chi connectivity index (χ2v) is 5.35. The van der Waals surface area contributed by atoms with Crippen LogP contribution >= 0.6 is 0 Å². The van der Waals surface area contributed by atoms with Gasteiger partial charge >= 0.3 is 0 Å². The molecule has 1 aromatic heterocycles. The normalized spacial score (nSPS) is 21.3. The number of aromatic nitrogens is 2. The van der Waals surface area contributed by atoms with Gasteiger partial charge in [0.25, 0.3) is 0 Å². The number of nitrogens with one attached hydrogen (secondary N) is 1. The van der Waals surface area contributed by atoms with Crippen LogP contribution in [0, 0.1) is 5.92 Å². The van der Waals surface area contributed by atoms with Crippen LogP contribution < -0.4 is 5.32 Å². The molecule has 2 rings (SSSR count). The van der Waals surface area contributed by atoms with Crippen molar-refractivity contribution in [3.63, 3.8) is 0 Å². The molecule has 1 saturated heterocycles. The first kappa shape index (κ1) is 13.6. The first-order valence-corrected chi connectivity index (χ1v) is 7.21. The molecule has 1 atom stereocenters. The Hall–Kier alpha value is -0.870. The SMILES string of the molecule is CCCn1nccc1CN1CCCC(CNC)C1. The predicted molar refractivity (Wildman–Crippen MR) is 74.4 cm³/mol. The Balaban J connectivity index is 1.89. The van der Waals surface area contributed by atoms with Crippen LogP contribution in [-0.4, -0.2) is 41.4 Å². The summed E-state index contributed by atoms with van der Waals surface area (Å²) in [5, 5.41) is 7.71. The van der Waals surface area contributed by atoms with Gasteiger partial charge in [-0.25, -0.2) is 0 Å². The van der Waals surface area contributed by atoms with Gasteiger partial charge in [-0.05, 0) is 51.4 Å². The monoisotopic (exact) mass is 250 g/mol. The second kappa shape index (κ2) is 6.90. The number of nitrogens with zero attached hydrogens (tertiary/aromatic N) is 3. The zero-order chi connectivity index (χ0) is 12.8. The van der Waals surface area contributed by atoms with Crippen molar-refractivity contribution in [3.8, 4) is 0 Å². The molecule has 1 aromatic rings. The minimum absolute atomic E-state index is 0.811. The maximum atomic E-state index is 4.40. The molecule has 2 heterocycles. The van der Waals surface area contributed by atoms with Crippen LogP contribution in [0.4, 0.5) is 0 Å². The second-order valence-electron chi connectivity index (χ2n) is 5.35. The number of aryl methyl sites for hydroxylation is 1. The van der Waals surface area contributed by atoms with Crippen LogP contribution in [0.5, 0.6) is 0 Å². The van der Waals surface area contributed by atoms with Gasteiger partial charge in [-0.2, -0.15) is 5.10 Å². The summed E-state index contributed by atoms with van der Waals surface area (Å²) in [5.41, 5.74) is 1.36. The zero-order valence-electron chi connectivity index (χ0n) is 11.7. The number of rotatable bonds is 6. The Labute approximate surface area is 110 Å². The molecule has 0 spiro atoms. The highest BCUT2D eigenvalue weighted by molar-refractivity contribution is 5.00. The summed E-state index contributed by atoms with van der Waals surface area (Å²) in [6.07, 6.45) is 5.77.